The van der Waals surface area contributed by atoms with Crippen LogP contribution >= 0.6 is 0 Å². The highest BCUT2D eigenvalue weighted by Gasteiger charge is 2.10. The average molecular weight is 350 g/mol. The molecule has 0 aliphatic heterocycles. The smallest absolute Gasteiger partial charge is 0.262 e. The SMILES string of the molecule is O=C(N/N=C/CCc1ccccc1)C(=O)N/N=C/CCc1ccccc1. The molecule has 2 aromatic rings. The van der Waals surface area contributed by atoms with Crippen molar-refractivity contribution in [3.63, 3.8) is 0 Å². The maximum Gasteiger partial charge on any atom is 0.331 e. The number of nitrogens with one attached hydrogen (secondary N) is 2. The van der Waals surface area contributed by atoms with E-state index in [1.165, 1.54) is 11.1 Å². The number of amides is 2. The van der Waals surface area contributed by atoms with Gasteiger partial charge in [-0.15, -0.1) is 0 Å². The van der Waals surface area contributed by atoms with Gasteiger partial charge in [0.15, 0.2) is 0 Å². The minimum absolute atomic E-state index is 0.670. The van der Waals surface area contributed by atoms with Gasteiger partial charge in [-0.2, -0.15) is 10.2 Å². The van der Waals surface area contributed by atoms with Crippen LogP contribution in [-0.2, 0) is 22.4 Å². The van der Waals surface area contributed by atoms with Gasteiger partial charge in [0, 0.05) is 12.4 Å². The number of hydrogen-bond acceptors (Lipinski definition) is 4. The summed E-state index contributed by atoms with van der Waals surface area (Å²) in [5.74, 6) is -1.69. The van der Waals surface area contributed by atoms with Crippen LogP contribution in [-0.4, -0.2) is 24.2 Å². The fourth-order valence-corrected chi connectivity index (χ4v) is 2.19. The largest absolute Gasteiger partial charge is 0.331 e. The van der Waals surface area contributed by atoms with Crippen molar-refractivity contribution in [2.75, 3.05) is 0 Å². The maximum atomic E-state index is 11.6. The molecule has 0 aliphatic rings. The van der Waals surface area contributed by atoms with Crippen LogP contribution in [0.5, 0.6) is 0 Å². The van der Waals surface area contributed by atoms with Crippen molar-refractivity contribution in [3.05, 3.63) is 71.8 Å². The van der Waals surface area contributed by atoms with E-state index in [2.05, 4.69) is 21.1 Å². The minimum Gasteiger partial charge on any atom is -0.262 e. The minimum atomic E-state index is -0.846. The zero-order valence-corrected chi connectivity index (χ0v) is 14.5. The van der Waals surface area contributed by atoms with Crippen LogP contribution in [0.2, 0.25) is 0 Å². The van der Waals surface area contributed by atoms with E-state index in [-0.39, 0.29) is 0 Å². The molecular weight excluding hydrogens is 328 g/mol. The molecule has 0 saturated heterocycles. The molecule has 0 fully saturated rings. The third-order valence-electron chi connectivity index (χ3n) is 3.53. The first-order valence-corrected chi connectivity index (χ1v) is 8.47. The Morgan fingerprint density at radius 1 is 0.692 bits per heavy atom. The Balaban J connectivity index is 1.59. The number of carbonyl (C=O) groups excluding carboxylic acids is 2. The van der Waals surface area contributed by atoms with Crippen LogP contribution in [0.4, 0.5) is 0 Å². The van der Waals surface area contributed by atoms with E-state index in [4.69, 9.17) is 0 Å². The Morgan fingerprint density at radius 3 is 1.46 bits per heavy atom. The van der Waals surface area contributed by atoms with Gasteiger partial charge in [-0.25, -0.2) is 10.9 Å². The zero-order chi connectivity index (χ0) is 18.5. The quantitative estimate of drug-likeness (QED) is 0.435. The average Bonchev–Trinajstić information content (AvgIpc) is 2.68. The fraction of sp³-hybridized carbons (Fsp3) is 0.200. The summed E-state index contributed by atoms with van der Waals surface area (Å²) >= 11 is 0. The van der Waals surface area contributed by atoms with Crippen molar-refractivity contribution in [2.24, 2.45) is 10.2 Å². The van der Waals surface area contributed by atoms with E-state index >= 15 is 0 Å². The number of hydrogen-bond donors (Lipinski definition) is 2. The van der Waals surface area contributed by atoms with Crippen molar-refractivity contribution >= 4 is 24.2 Å². The molecule has 0 heterocycles. The molecule has 2 amide bonds. The predicted molar refractivity (Wildman–Crippen MR) is 103 cm³/mol. The monoisotopic (exact) mass is 350 g/mol. The topological polar surface area (TPSA) is 82.9 Å². The molecule has 2 rings (SSSR count). The van der Waals surface area contributed by atoms with E-state index in [1.807, 2.05) is 60.7 Å². The molecule has 0 bridgehead atoms. The predicted octanol–water partition coefficient (Wildman–Crippen LogP) is 2.46. The molecule has 2 aromatic carbocycles. The first-order valence-electron chi connectivity index (χ1n) is 8.47. The number of aryl methyl sites for hydroxylation is 2. The third-order valence-corrected chi connectivity index (χ3v) is 3.53. The van der Waals surface area contributed by atoms with Crippen molar-refractivity contribution < 1.29 is 9.59 Å². The van der Waals surface area contributed by atoms with Crippen molar-refractivity contribution in [2.45, 2.75) is 25.7 Å². The lowest BCUT2D eigenvalue weighted by Gasteiger charge is -1.99. The van der Waals surface area contributed by atoms with E-state index in [0.29, 0.717) is 12.8 Å². The lowest BCUT2D eigenvalue weighted by molar-refractivity contribution is -0.139. The second kappa shape index (κ2) is 11.3. The van der Waals surface area contributed by atoms with Gasteiger partial charge in [0.05, 0.1) is 0 Å². The molecule has 6 nitrogen and oxygen atoms in total. The Bertz CT molecular complexity index is 677. The molecule has 0 unspecified atom stereocenters. The summed E-state index contributed by atoms with van der Waals surface area (Å²) in [6.07, 6.45) is 6.12. The van der Waals surface area contributed by atoms with Gasteiger partial charge in [-0.05, 0) is 36.8 Å². The van der Waals surface area contributed by atoms with Crippen LogP contribution in [0.15, 0.2) is 70.9 Å². The van der Waals surface area contributed by atoms with Gasteiger partial charge in [0.25, 0.3) is 0 Å². The van der Waals surface area contributed by atoms with E-state index in [9.17, 15) is 9.59 Å². The second-order valence-electron chi connectivity index (χ2n) is 5.55. The van der Waals surface area contributed by atoms with Crippen LogP contribution in [0.3, 0.4) is 0 Å². The molecule has 2 N–H and O–H groups in total. The van der Waals surface area contributed by atoms with Crippen LogP contribution in [0, 0.1) is 0 Å². The summed E-state index contributed by atoms with van der Waals surface area (Å²) in [5.41, 5.74) is 6.74. The van der Waals surface area contributed by atoms with E-state index < -0.39 is 11.8 Å². The van der Waals surface area contributed by atoms with Gasteiger partial charge in [0.1, 0.15) is 0 Å². The highest BCUT2D eigenvalue weighted by Crippen LogP contribution is 2.01. The summed E-state index contributed by atoms with van der Waals surface area (Å²) < 4.78 is 0. The lowest BCUT2D eigenvalue weighted by atomic mass is 10.1. The molecule has 0 atom stereocenters. The molecule has 0 aromatic heterocycles. The number of carbonyl (C=O) groups is 2. The first kappa shape index (κ1) is 19.1. The van der Waals surface area contributed by atoms with Crippen molar-refractivity contribution in [3.8, 4) is 0 Å². The van der Waals surface area contributed by atoms with Gasteiger partial charge in [-0.1, -0.05) is 60.7 Å². The summed E-state index contributed by atoms with van der Waals surface area (Å²) in [6, 6.07) is 19.9. The first-order chi connectivity index (χ1) is 12.8. The standard InChI is InChI=1S/C20H22N4O2/c25-19(23-21-15-7-13-17-9-3-1-4-10-17)20(26)24-22-16-8-14-18-11-5-2-6-12-18/h1-6,9-12,15-16H,7-8,13-14H2,(H,23,25)(H,24,26)/b21-15+,22-16+. The molecule has 0 radical (unpaired) electrons. The highest BCUT2D eigenvalue weighted by molar-refractivity contribution is 6.35. The van der Waals surface area contributed by atoms with Gasteiger partial charge in [-0.3, -0.25) is 9.59 Å². The molecular formula is C20H22N4O2. The normalized spacial score (nSPS) is 10.9. The molecule has 0 saturated carbocycles. The number of hydrazone groups is 2. The number of nitrogens with zero attached hydrogens (tertiary/aromatic N) is 2. The molecule has 0 spiro atoms. The Hall–Kier alpha value is -3.28. The summed E-state index contributed by atoms with van der Waals surface area (Å²) in [4.78, 5) is 23.1. The molecule has 26 heavy (non-hydrogen) atoms. The van der Waals surface area contributed by atoms with Crippen LogP contribution in [0.25, 0.3) is 0 Å². The number of benzene rings is 2. The van der Waals surface area contributed by atoms with Crippen LogP contribution < -0.4 is 10.9 Å². The summed E-state index contributed by atoms with van der Waals surface area (Å²) in [6.45, 7) is 0. The fourth-order valence-electron chi connectivity index (χ4n) is 2.19. The third kappa shape index (κ3) is 7.53. The highest BCUT2D eigenvalue weighted by atomic mass is 16.2. The van der Waals surface area contributed by atoms with Crippen molar-refractivity contribution in [1.29, 1.82) is 0 Å². The zero-order valence-electron chi connectivity index (χ0n) is 14.5. The molecule has 0 aliphatic carbocycles. The Labute approximate surface area is 153 Å². The molecule has 6 heteroatoms. The lowest BCUT2D eigenvalue weighted by Crippen LogP contribution is -2.35. The summed E-state index contributed by atoms with van der Waals surface area (Å²) in [5, 5.41) is 7.51. The van der Waals surface area contributed by atoms with Crippen LogP contribution in [0.1, 0.15) is 24.0 Å². The van der Waals surface area contributed by atoms with Gasteiger partial charge in [0.2, 0.25) is 0 Å². The van der Waals surface area contributed by atoms with Crippen molar-refractivity contribution in [1.82, 2.24) is 10.9 Å². The maximum absolute atomic E-state index is 11.6. The Morgan fingerprint density at radius 2 is 1.08 bits per heavy atom. The second-order valence-corrected chi connectivity index (χ2v) is 5.55. The van der Waals surface area contributed by atoms with Gasteiger partial charge < -0.3 is 0 Å². The Kier molecular flexibility index (Phi) is 8.28. The van der Waals surface area contributed by atoms with Gasteiger partial charge >= 0.3 is 11.8 Å². The van der Waals surface area contributed by atoms with E-state index in [1.54, 1.807) is 12.4 Å². The molecule has 134 valence electrons. The summed E-state index contributed by atoms with van der Waals surface area (Å²) in [7, 11) is 0. The number of rotatable bonds is 8. The van der Waals surface area contributed by atoms with E-state index in [0.717, 1.165) is 12.8 Å².